The third-order valence-corrected chi connectivity index (χ3v) is 4.78. The number of likely N-dealkylation sites (N-methyl/N-ethyl adjacent to an activating group) is 1. The number of anilines is 1. The highest BCUT2D eigenvalue weighted by Gasteiger charge is 2.10. The molecule has 2 aromatic carbocycles. The van der Waals surface area contributed by atoms with Gasteiger partial charge >= 0.3 is 0 Å². The van der Waals surface area contributed by atoms with Gasteiger partial charge in [-0.05, 0) is 42.4 Å². The fourth-order valence-electron chi connectivity index (χ4n) is 3.22. The summed E-state index contributed by atoms with van der Waals surface area (Å²) in [7, 11) is 0. The van der Waals surface area contributed by atoms with Crippen molar-refractivity contribution in [1.82, 2.24) is 9.47 Å². The van der Waals surface area contributed by atoms with Crippen LogP contribution in [0.1, 0.15) is 13.8 Å². The van der Waals surface area contributed by atoms with E-state index >= 15 is 0 Å². The third-order valence-electron chi connectivity index (χ3n) is 4.78. The molecule has 0 unspecified atom stereocenters. The lowest BCUT2D eigenvalue weighted by molar-refractivity contribution is 0.316. The van der Waals surface area contributed by atoms with Crippen LogP contribution in [0.3, 0.4) is 0 Å². The summed E-state index contributed by atoms with van der Waals surface area (Å²) in [5.41, 5.74) is 2.81. The lowest BCUT2D eigenvalue weighted by Crippen LogP contribution is -2.30. The molecule has 0 aliphatic carbocycles. The summed E-state index contributed by atoms with van der Waals surface area (Å²) in [5, 5.41) is 3.48. The molecule has 0 bridgehead atoms. The lowest BCUT2D eigenvalue weighted by Gasteiger charge is -2.20. The molecule has 0 saturated heterocycles. The molecule has 0 radical (unpaired) electrons. The van der Waals surface area contributed by atoms with Crippen LogP contribution in [0.15, 0.2) is 77.6 Å². The van der Waals surface area contributed by atoms with E-state index in [1.807, 2.05) is 60.7 Å². The van der Waals surface area contributed by atoms with Gasteiger partial charge in [-0.15, -0.1) is 0 Å². The highest BCUT2D eigenvalue weighted by molar-refractivity contribution is 5.67. The van der Waals surface area contributed by atoms with Crippen molar-refractivity contribution in [2.45, 2.75) is 13.8 Å². The number of hydrogen-bond donors (Lipinski definition) is 1. The second-order valence-electron chi connectivity index (χ2n) is 6.46. The van der Waals surface area contributed by atoms with Crippen LogP contribution in [0.5, 0.6) is 0 Å². The fraction of sp³-hybridized carbons (Fsp3) is 0.261. The Balaban J connectivity index is 1.98. The minimum absolute atomic E-state index is 0.0344. The van der Waals surface area contributed by atoms with E-state index < -0.39 is 0 Å². The summed E-state index contributed by atoms with van der Waals surface area (Å²) in [6.07, 6.45) is 0. The SMILES string of the molecule is CCN(CC)CCNc1cc(-c2ccccc2)cc(=O)n1-c1ccccc1. The van der Waals surface area contributed by atoms with Crippen LogP contribution in [0.4, 0.5) is 5.82 Å². The van der Waals surface area contributed by atoms with Crippen molar-refractivity contribution in [2.75, 3.05) is 31.5 Å². The standard InChI is InChI=1S/C23H27N3O/c1-3-25(4-2)16-15-24-22-17-20(19-11-7-5-8-12-19)18-23(27)26(22)21-13-9-6-10-14-21/h5-14,17-18,24H,3-4,15-16H2,1-2H3. The average molecular weight is 361 g/mol. The van der Waals surface area contributed by atoms with E-state index in [0.717, 1.165) is 48.8 Å². The van der Waals surface area contributed by atoms with Crippen LogP contribution in [0.25, 0.3) is 16.8 Å². The van der Waals surface area contributed by atoms with Gasteiger partial charge < -0.3 is 10.2 Å². The maximum Gasteiger partial charge on any atom is 0.257 e. The third kappa shape index (κ3) is 4.66. The molecule has 1 N–H and O–H groups in total. The Bertz CT molecular complexity index is 900. The number of hydrogen-bond acceptors (Lipinski definition) is 3. The molecule has 0 atom stereocenters. The molecule has 27 heavy (non-hydrogen) atoms. The Morgan fingerprint density at radius 3 is 2.11 bits per heavy atom. The molecule has 4 nitrogen and oxygen atoms in total. The van der Waals surface area contributed by atoms with Crippen LogP contribution < -0.4 is 10.9 Å². The largest absolute Gasteiger partial charge is 0.370 e. The molecule has 4 heteroatoms. The summed E-state index contributed by atoms with van der Waals surface area (Å²) >= 11 is 0. The predicted octanol–water partition coefficient (Wildman–Crippen LogP) is 4.26. The lowest BCUT2D eigenvalue weighted by atomic mass is 10.1. The number of para-hydroxylation sites is 1. The van der Waals surface area contributed by atoms with Crippen molar-refractivity contribution in [3.63, 3.8) is 0 Å². The van der Waals surface area contributed by atoms with Gasteiger partial charge in [-0.2, -0.15) is 0 Å². The summed E-state index contributed by atoms with van der Waals surface area (Å²) in [6.45, 7) is 8.10. The van der Waals surface area contributed by atoms with Gasteiger partial charge in [0.1, 0.15) is 5.82 Å². The van der Waals surface area contributed by atoms with Crippen LogP contribution in [0, 0.1) is 0 Å². The Morgan fingerprint density at radius 1 is 0.852 bits per heavy atom. The van der Waals surface area contributed by atoms with E-state index in [-0.39, 0.29) is 5.56 Å². The highest BCUT2D eigenvalue weighted by Crippen LogP contribution is 2.22. The van der Waals surface area contributed by atoms with Gasteiger partial charge in [0.2, 0.25) is 0 Å². The molecule has 140 valence electrons. The Kier molecular flexibility index (Phi) is 6.44. The van der Waals surface area contributed by atoms with E-state index in [1.165, 1.54) is 0 Å². The maximum atomic E-state index is 13.0. The van der Waals surface area contributed by atoms with Gasteiger partial charge in [-0.3, -0.25) is 9.36 Å². The first kappa shape index (κ1) is 18.9. The molecule has 0 amide bonds. The van der Waals surface area contributed by atoms with Crippen LogP contribution in [0.2, 0.25) is 0 Å². The van der Waals surface area contributed by atoms with Gasteiger partial charge in [0.25, 0.3) is 5.56 Å². The first-order valence-electron chi connectivity index (χ1n) is 9.57. The van der Waals surface area contributed by atoms with Gasteiger partial charge in [-0.25, -0.2) is 0 Å². The molecule has 0 aliphatic rings. The molecule has 3 rings (SSSR count). The molecule has 1 heterocycles. The van der Waals surface area contributed by atoms with Crippen LogP contribution in [-0.2, 0) is 0 Å². The minimum atomic E-state index is -0.0344. The monoisotopic (exact) mass is 361 g/mol. The number of benzene rings is 2. The first-order chi connectivity index (χ1) is 13.2. The zero-order valence-corrected chi connectivity index (χ0v) is 16.1. The highest BCUT2D eigenvalue weighted by atomic mass is 16.1. The van der Waals surface area contributed by atoms with Crippen molar-refractivity contribution in [1.29, 1.82) is 0 Å². The minimum Gasteiger partial charge on any atom is -0.370 e. The quantitative estimate of drug-likeness (QED) is 0.651. The smallest absolute Gasteiger partial charge is 0.257 e. The second kappa shape index (κ2) is 9.19. The van der Waals surface area contributed by atoms with Crippen molar-refractivity contribution >= 4 is 5.82 Å². The van der Waals surface area contributed by atoms with Gasteiger partial charge in [0.05, 0.1) is 5.69 Å². The van der Waals surface area contributed by atoms with E-state index in [9.17, 15) is 4.79 Å². The number of aromatic nitrogens is 1. The van der Waals surface area contributed by atoms with Crippen molar-refractivity contribution in [2.24, 2.45) is 0 Å². The number of nitrogens with one attached hydrogen (secondary N) is 1. The molecule has 0 fully saturated rings. The number of nitrogens with zero attached hydrogens (tertiary/aromatic N) is 2. The summed E-state index contributed by atoms with van der Waals surface area (Å²) < 4.78 is 1.74. The van der Waals surface area contributed by atoms with Crippen molar-refractivity contribution in [3.8, 4) is 16.8 Å². The summed E-state index contributed by atoms with van der Waals surface area (Å²) in [5.74, 6) is 0.819. The Hall–Kier alpha value is -2.85. The first-order valence-corrected chi connectivity index (χ1v) is 9.57. The molecular weight excluding hydrogens is 334 g/mol. The van der Waals surface area contributed by atoms with Crippen molar-refractivity contribution in [3.05, 3.63) is 83.2 Å². The maximum absolute atomic E-state index is 13.0. The zero-order valence-electron chi connectivity index (χ0n) is 16.1. The number of pyridine rings is 1. The van der Waals surface area contributed by atoms with Crippen LogP contribution >= 0.6 is 0 Å². The van der Waals surface area contributed by atoms with Gasteiger partial charge in [0.15, 0.2) is 0 Å². The molecule has 0 saturated carbocycles. The van der Waals surface area contributed by atoms with E-state index in [1.54, 1.807) is 10.6 Å². The zero-order chi connectivity index (χ0) is 19.1. The Morgan fingerprint density at radius 2 is 1.48 bits per heavy atom. The second-order valence-corrected chi connectivity index (χ2v) is 6.46. The van der Waals surface area contributed by atoms with Crippen LogP contribution in [-0.4, -0.2) is 35.6 Å². The molecule has 0 spiro atoms. The molecule has 0 aliphatic heterocycles. The van der Waals surface area contributed by atoms with Gasteiger partial charge in [-0.1, -0.05) is 62.4 Å². The topological polar surface area (TPSA) is 37.3 Å². The molecule has 3 aromatic rings. The van der Waals surface area contributed by atoms with Crippen molar-refractivity contribution < 1.29 is 0 Å². The van der Waals surface area contributed by atoms with Gasteiger partial charge in [0, 0.05) is 19.2 Å². The van der Waals surface area contributed by atoms with E-state index in [2.05, 4.69) is 30.1 Å². The summed E-state index contributed by atoms with van der Waals surface area (Å²) in [4.78, 5) is 15.3. The Labute approximate surface area is 161 Å². The summed E-state index contributed by atoms with van der Waals surface area (Å²) in [6, 6.07) is 23.6. The normalized spacial score (nSPS) is 10.9. The molecule has 1 aromatic heterocycles. The fourth-order valence-corrected chi connectivity index (χ4v) is 3.22. The average Bonchev–Trinajstić information content (AvgIpc) is 2.72. The van der Waals surface area contributed by atoms with E-state index in [0.29, 0.717) is 0 Å². The molecular formula is C23H27N3O. The predicted molar refractivity (Wildman–Crippen MR) is 114 cm³/mol. The van der Waals surface area contributed by atoms with E-state index in [4.69, 9.17) is 0 Å². The number of rotatable bonds is 8.